The molecule has 88 valence electrons. The molecule has 0 unspecified atom stereocenters. The summed E-state index contributed by atoms with van der Waals surface area (Å²) >= 11 is 0. The summed E-state index contributed by atoms with van der Waals surface area (Å²) in [6.07, 6.45) is 0. The molecule has 0 amide bonds. The Morgan fingerprint density at radius 1 is 1.00 bits per heavy atom. The smallest absolute Gasteiger partial charge is 0.137 e. The van der Waals surface area contributed by atoms with Crippen LogP contribution in [0, 0.1) is 16.9 Å². The molecular formula is C13H27NSi. The van der Waals surface area contributed by atoms with Crippen molar-refractivity contribution in [1.29, 1.82) is 0 Å². The van der Waals surface area contributed by atoms with Gasteiger partial charge in [-0.05, 0) is 10.5 Å². The van der Waals surface area contributed by atoms with Gasteiger partial charge in [0.2, 0.25) is 0 Å². The van der Waals surface area contributed by atoms with Crippen LogP contribution >= 0.6 is 0 Å². The molecule has 0 aromatic carbocycles. The van der Waals surface area contributed by atoms with Gasteiger partial charge in [0.15, 0.2) is 0 Å². The zero-order valence-corrected chi connectivity index (χ0v) is 12.7. The third-order valence-corrected chi connectivity index (χ3v) is 7.87. The molecule has 0 aromatic rings. The molecule has 15 heavy (non-hydrogen) atoms. The van der Waals surface area contributed by atoms with Gasteiger partial charge in [0.25, 0.3) is 0 Å². The van der Waals surface area contributed by atoms with Crippen LogP contribution in [0.2, 0.25) is 18.1 Å². The topological polar surface area (TPSA) is 26.0 Å². The molecule has 1 nitrogen and oxygen atoms in total. The van der Waals surface area contributed by atoms with Gasteiger partial charge in [0.05, 0.1) is 6.04 Å². The van der Waals surface area contributed by atoms with Gasteiger partial charge < -0.3 is 5.73 Å². The van der Waals surface area contributed by atoms with E-state index in [1.165, 1.54) is 0 Å². The average molecular weight is 225 g/mol. The molecule has 2 heteroatoms. The lowest BCUT2D eigenvalue weighted by atomic mass is 9.88. The van der Waals surface area contributed by atoms with Crippen molar-refractivity contribution in [3.05, 3.63) is 0 Å². The number of hydrogen-bond acceptors (Lipinski definition) is 1. The fourth-order valence-electron chi connectivity index (χ4n) is 0.662. The molecule has 0 bridgehead atoms. The molecule has 0 heterocycles. The van der Waals surface area contributed by atoms with Crippen LogP contribution in [0.4, 0.5) is 0 Å². The summed E-state index contributed by atoms with van der Waals surface area (Å²) in [5.74, 6) is 3.26. The van der Waals surface area contributed by atoms with Crippen LogP contribution in [0.25, 0.3) is 0 Å². The van der Waals surface area contributed by atoms with E-state index in [0.29, 0.717) is 5.04 Å². The predicted molar refractivity (Wildman–Crippen MR) is 72.4 cm³/mol. The average Bonchev–Trinajstić information content (AvgIpc) is 1.96. The molecule has 0 rings (SSSR count). The Morgan fingerprint density at radius 3 is 1.67 bits per heavy atom. The molecule has 0 aliphatic carbocycles. The Morgan fingerprint density at radius 2 is 1.40 bits per heavy atom. The summed E-state index contributed by atoms with van der Waals surface area (Å²) in [7, 11) is -1.49. The maximum Gasteiger partial charge on any atom is 0.137 e. The third kappa shape index (κ3) is 4.40. The zero-order valence-electron chi connectivity index (χ0n) is 11.7. The number of nitrogens with two attached hydrogens (primary N) is 1. The summed E-state index contributed by atoms with van der Waals surface area (Å²) in [4.78, 5) is 0. The summed E-state index contributed by atoms with van der Waals surface area (Å²) < 4.78 is 0. The third-order valence-electron chi connectivity index (χ3n) is 3.35. The van der Waals surface area contributed by atoms with E-state index in [9.17, 15) is 0 Å². The second-order valence-electron chi connectivity index (χ2n) is 6.99. The molecule has 1 atom stereocenters. The van der Waals surface area contributed by atoms with Gasteiger partial charge in [-0.3, -0.25) is 0 Å². The van der Waals surface area contributed by atoms with E-state index in [1.54, 1.807) is 0 Å². The number of rotatable bonds is 0. The minimum absolute atomic E-state index is 0.0216. The van der Waals surface area contributed by atoms with Gasteiger partial charge in [-0.1, -0.05) is 60.6 Å². The van der Waals surface area contributed by atoms with Crippen LogP contribution in [0.1, 0.15) is 41.5 Å². The van der Waals surface area contributed by atoms with Crippen LogP contribution in [0.15, 0.2) is 0 Å². The van der Waals surface area contributed by atoms with E-state index in [4.69, 9.17) is 5.73 Å². The van der Waals surface area contributed by atoms with Crippen LogP contribution < -0.4 is 5.73 Å². The van der Waals surface area contributed by atoms with Crippen LogP contribution in [0.3, 0.4) is 0 Å². The van der Waals surface area contributed by atoms with Gasteiger partial charge >= 0.3 is 0 Å². The highest BCUT2D eigenvalue weighted by Crippen LogP contribution is 2.35. The summed E-state index contributed by atoms with van der Waals surface area (Å²) in [5.41, 5.74) is 9.60. The lowest BCUT2D eigenvalue weighted by Gasteiger charge is -2.32. The van der Waals surface area contributed by atoms with Crippen LogP contribution in [-0.2, 0) is 0 Å². The first-order chi connectivity index (χ1) is 6.38. The first kappa shape index (κ1) is 14.7. The monoisotopic (exact) mass is 225 g/mol. The van der Waals surface area contributed by atoms with Gasteiger partial charge in [-0.15, -0.1) is 5.54 Å². The van der Waals surface area contributed by atoms with Crippen LogP contribution in [0.5, 0.6) is 0 Å². The zero-order chi connectivity index (χ0) is 12.5. The highest BCUT2D eigenvalue weighted by molar-refractivity contribution is 6.87. The maximum absolute atomic E-state index is 6.05. The lowest BCUT2D eigenvalue weighted by Crippen LogP contribution is -2.38. The molecule has 0 radical (unpaired) electrons. The Bertz CT molecular complexity index is 268. The fraction of sp³-hybridized carbons (Fsp3) is 0.846. The molecule has 0 saturated heterocycles. The molecule has 0 aliphatic rings. The predicted octanol–water partition coefficient (Wildman–Crippen LogP) is 3.41. The lowest BCUT2D eigenvalue weighted by molar-refractivity contribution is 0.374. The van der Waals surface area contributed by atoms with Gasteiger partial charge in [-0.2, -0.15) is 0 Å². The molecule has 0 saturated carbocycles. The van der Waals surface area contributed by atoms with Gasteiger partial charge in [0, 0.05) is 0 Å². The fourth-order valence-corrected chi connectivity index (χ4v) is 1.55. The Kier molecular flexibility index (Phi) is 4.24. The normalized spacial score (nSPS) is 15.5. The van der Waals surface area contributed by atoms with Crippen molar-refractivity contribution < 1.29 is 0 Å². The van der Waals surface area contributed by atoms with E-state index >= 15 is 0 Å². The minimum Gasteiger partial charge on any atom is -0.317 e. The molecule has 0 aromatic heterocycles. The molecule has 0 spiro atoms. The highest BCUT2D eigenvalue weighted by atomic mass is 28.3. The standard InChI is InChI=1S/C13H27NSi/c1-12(2,3)11(14)9-10-15(7,8)13(4,5)6/h11H,14H2,1-8H3/t11-/m1/s1. The van der Waals surface area contributed by atoms with Crippen molar-refractivity contribution in [2.24, 2.45) is 11.1 Å². The SMILES string of the molecule is CC(C)(C)[C@H](N)C#C[Si](C)(C)C(C)(C)C. The summed E-state index contributed by atoms with van der Waals surface area (Å²) in [5, 5.41) is 0.317. The second kappa shape index (κ2) is 4.31. The van der Waals surface area contributed by atoms with Crippen molar-refractivity contribution in [2.75, 3.05) is 0 Å². The summed E-state index contributed by atoms with van der Waals surface area (Å²) in [6, 6.07) is -0.0216. The van der Waals surface area contributed by atoms with Crippen molar-refractivity contribution in [2.45, 2.75) is 65.7 Å². The number of hydrogen-bond donors (Lipinski definition) is 1. The Balaban J connectivity index is 4.82. The van der Waals surface area contributed by atoms with E-state index in [1.807, 2.05) is 0 Å². The van der Waals surface area contributed by atoms with Crippen LogP contribution in [-0.4, -0.2) is 14.1 Å². The first-order valence-corrected chi connectivity index (χ1v) is 8.66. The molecular weight excluding hydrogens is 198 g/mol. The second-order valence-corrected chi connectivity index (χ2v) is 12.0. The van der Waals surface area contributed by atoms with E-state index < -0.39 is 8.07 Å². The molecule has 2 N–H and O–H groups in total. The quantitative estimate of drug-likeness (QED) is 0.496. The first-order valence-electron chi connectivity index (χ1n) is 5.66. The van der Waals surface area contributed by atoms with Crippen molar-refractivity contribution in [3.8, 4) is 11.5 Å². The summed E-state index contributed by atoms with van der Waals surface area (Å²) in [6.45, 7) is 17.9. The molecule has 0 aliphatic heterocycles. The van der Waals surface area contributed by atoms with E-state index in [-0.39, 0.29) is 11.5 Å². The van der Waals surface area contributed by atoms with Crippen molar-refractivity contribution >= 4 is 8.07 Å². The van der Waals surface area contributed by atoms with Gasteiger partial charge in [0.1, 0.15) is 8.07 Å². The highest BCUT2D eigenvalue weighted by Gasteiger charge is 2.34. The molecule has 0 fully saturated rings. The van der Waals surface area contributed by atoms with Gasteiger partial charge in [-0.25, -0.2) is 0 Å². The Labute approximate surface area is 96.8 Å². The van der Waals surface area contributed by atoms with Crippen molar-refractivity contribution in [1.82, 2.24) is 0 Å². The maximum atomic E-state index is 6.05. The van der Waals surface area contributed by atoms with E-state index in [0.717, 1.165) is 0 Å². The van der Waals surface area contributed by atoms with E-state index in [2.05, 4.69) is 66.1 Å². The van der Waals surface area contributed by atoms with Crippen molar-refractivity contribution in [3.63, 3.8) is 0 Å². The Hall–Kier alpha value is -0.263. The minimum atomic E-state index is -1.49. The largest absolute Gasteiger partial charge is 0.317 e.